The molecule has 5 nitrogen and oxygen atoms in total. The molecule has 0 aliphatic rings. The van der Waals surface area contributed by atoms with Crippen LogP contribution in [0, 0.1) is 6.92 Å². The van der Waals surface area contributed by atoms with Gasteiger partial charge in [-0.3, -0.25) is 4.79 Å². The lowest BCUT2D eigenvalue weighted by Gasteiger charge is -2.07. The molecule has 1 aromatic heterocycles. The van der Waals surface area contributed by atoms with E-state index in [0.717, 1.165) is 5.56 Å². The zero-order chi connectivity index (χ0) is 27.4. The Morgan fingerprint density at radius 1 is 0.872 bits per heavy atom. The predicted octanol–water partition coefficient (Wildman–Crippen LogP) is 8.74. The second-order valence-corrected chi connectivity index (χ2v) is 9.59. The van der Waals surface area contributed by atoms with E-state index in [-0.39, 0.29) is 5.78 Å². The summed E-state index contributed by atoms with van der Waals surface area (Å²) in [7, 11) is 0. The van der Waals surface area contributed by atoms with Crippen LogP contribution in [0.15, 0.2) is 101 Å². The van der Waals surface area contributed by atoms with Crippen LogP contribution in [0.25, 0.3) is 17.0 Å². The third kappa shape index (κ3) is 6.23. The molecule has 0 bridgehead atoms. The zero-order valence-corrected chi connectivity index (χ0v) is 22.3. The van der Waals surface area contributed by atoms with Crippen LogP contribution in [0.3, 0.4) is 0 Å². The second kappa shape index (κ2) is 11.6. The Morgan fingerprint density at radius 3 is 2.36 bits per heavy atom. The lowest BCUT2D eigenvalue weighted by Crippen LogP contribution is -2.09. The molecule has 0 aliphatic carbocycles. The number of benzene rings is 4. The van der Waals surface area contributed by atoms with Gasteiger partial charge in [0.25, 0.3) is 0 Å². The van der Waals surface area contributed by atoms with Crippen molar-refractivity contribution in [2.24, 2.45) is 0 Å². The minimum Gasteiger partial charge on any atom is -0.489 e. The van der Waals surface area contributed by atoms with Gasteiger partial charge in [0, 0.05) is 21.0 Å². The number of allylic oxidation sites excluding steroid dienone is 1. The SMILES string of the molecule is Cc1oc2ccc(OCc3ccccc3)cc2c1C(=O)Oc1ccc(C(=O)C=Cc2ccc(Cl)cc2Cl)cc1. The van der Waals surface area contributed by atoms with Crippen molar-refractivity contribution >= 4 is 52.0 Å². The van der Waals surface area contributed by atoms with Crippen LogP contribution in [0.4, 0.5) is 0 Å². The first-order valence-electron chi connectivity index (χ1n) is 12.1. The summed E-state index contributed by atoms with van der Waals surface area (Å²) in [5, 5.41) is 1.57. The number of carbonyl (C=O) groups excluding carboxylic acids is 2. The van der Waals surface area contributed by atoms with Gasteiger partial charge >= 0.3 is 5.97 Å². The van der Waals surface area contributed by atoms with Crippen LogP contribution in [0.2, 0.25) is 10.0 Å². The summed E-state index contributed by atoms with van der Waals surface area (Å²) in [6, 6.07) is 26.5. The minimum atomic E-state index is -0.567. The quantitative estimate of drug-likeness (QED) is 0.0826. The van der Waals surface area contributed by atoms with E-state index in [9.17, 15) is 9.59 Å². The van der Waals surface area contributed by atoms with E-state index < -0.39 is 5.97 Å². The van der Waals surface area contributed by atoms with E-state index in [1.54, 1.807) is 73.7 Å². The summed E-state index contributed by atoms with van der Waals surface area (Å²) in [6.07, 6.45) is 3.05. The summed E-state index contributed by atoms with van der Waals surface area (Å²) in [6.45, 7) is 2.11. The molecule has 0 radical (unpaired) electrons. The van der Waals surface area contributed by atoms with E-state index >= 15 is 0 Å². The summed E-state index contributed by atoms with van der Waals surface area (Å²) in [5.41, 5.74) is 3.02. The van der Waals surface area contributed by atoms with Gasteiger partial charge in [0.15, 0.2) is 5.78 Å². The Labute approximate surface area is 235 Å². The summed E-state index contributed by atoms with van der Waals surface area (Å²) in [4.78, 5) is 25.7. The number of fused-ring (bicyclic) bond motifs is 1. The van der Waals surface area contributed by atoms with E-state index in [0.29, 0.717) is 61.6 Å². The van der Waals surface area contributed by atoms with Gasteiger partial charge in [0.1, 0.15) is 35.0 Å². The van der Waals surface area contributed by atoms with E-state index in [2.05, 4.69) is 0 Å². The van der Waals surface area contributed by atoms with Crippen molar-refractivity contribution in [1.29, 1.82) is 0 Å². The van der Waals surface area contributed by atoms with E-state index in [4.69, 9.17) is 37.1 Å². The summed E-state index contributed by atoms with van der Waals surface area (Å²) in [5.74, 6) is 0.554. The van der Waals surface area contributed by atoms with Gasteiger partial charge in [-0.15, -0.1) is 0 Å². The fourth-order valence-corrected chi connectivity index (χ4v) is 4.50. The lowest BCUT2D eigenvalue weighted by molar-refractivity contribution is 0.0734. The molecule has 5 rings (SSSR count). The molecular formula is C32H22Cl2O5. The minimum absolute atomic E-state index is 0.224. The van der Waals surface area contributed by atoms with Crippen LogP contribution in [0.5, 0.6) is 11.5 Å². The number of halogens is 2. The van der Waals surface area contributed by atoms with Gasteiger partial charge in [0.2, 0.25) is 0 Å². The molecule has 0 atom stereocenters. The Kier molecular flexibility index (Phi) is 7.82. The maximum absolute atomic E-state index is 13.1. The predicted molar refractivity (Wildman–Crippen MR) is 153 cm³/mol. The Balaban J connectivity index is 1.28. The second-order valence-electron chi connectivity index (χ2n) is 8.74. The first-order chi connectivity index (χ1) is 18.9. The van der Waals surface area contributed by atoms with Crippen molar-refractivity contribution in [2.45, 2.75) is 13.5 Å². The molecular weight excluding hydrogens is 535 g/mol. The molecule has 0 saturated heterocycles. The van der Waals surface area contributed by atoms with Crippen molar-refractivity contribution in [3.8, 4) is 11.5 Å². The largest absolute Gasteiger partial charge is 0.489 e. The number of hydrogen-bond donors (Lipinski definition) is 0. The van der Waals surface area contributed by atoms with Crippen molar-refractivity contribution < 1.29 is 23.5 Å². The topological polar surface area (TPSA) is 65.7 Å². The van der Waals surface area contributed by atoms with Crippen molar-refractivity contribution in [3.63, 3.8) is 0 Å². The van der Waals surface area contributed by atoms with Crippen molar-refractivity contribution in [1.82, 2.24) is 0 Å². The maximum Gasteiger partial charge on any atom is 0.347 e. The fraction of sp³-hybridized carbons (Fsp3) is 0.0625. The van der Waals surface area contributed by atoms with Gasteiger partial charge in [0.05, 0.1) is 0 Å². The molecule has 0 unspecified atom stereocenters. The van der Waals surface area contributed by atoms with Crippen LogP contribution in [0.1, 0.15) is 37.6 Å². The van der Waals surface area contributed by atoms with E-state index in [1.807, 2.05) is 30.3 Å². The third-order valence-corrected chi connectivity index (χ3v) is 6.58. The first-order valence-corrected chi connectivity index (χ1v) is 12.8. The standard InChI is InChI=1S/C32H22Cl2O5/c1-20-31(27-18-26(14-16-30(27)38-20)37-19-21-5-3-2-4-6-21)32(36)39-25-12-8-23(9-13-25)29(35)15-10-22-7-11-24(33)17-28(22)34/h2-18H,19H2,1H3. The van der Waals surface area contributed by atoms with Crippen molar-refractivity contribution in [2.75, 3.05) is 0 Å². The van der Waals surface area contributed by atoms with Gasteiger partial charge < -0.3 is 13.9 Å². The molecule has 5 aromatic rings. The highest BCUT2D eigenvalue weighted by Crippen LogP contribution is 2.31. The number of ether oxygens (including phenoxy) is 2. The van der Waals surface area contributed by atoms with Crippen LogP contribution >= 0.6 is 23.2 Å². The highest BCUT2D eigenvalue weighted by molar-refractivity contribution is 6.35. The lowest BCUT2D eigenvalue weighted by atomic mass is 10.1. The van der Waals surface area contributed by atoms with Gasteiger partial charge in [-0.05, 0) is 84.8 Å². The number of rotatable bonds is 8. The summed E-state index contributed by atoms with van der Waals surface area (Å²) < 4.78 is 17.3. The molecule has 0 N–H and O–H groups in total. The van der Waals surface area contributed by atoms with Crippen molar-refractivity contribution in [3.05, 3.63) is 135 Å². The molecule has 4 aromatic carbocycles. The number of furan rings is 1. The fourth-order valence-electron chi connectivity index (χ4n) is 4.03. The Bertz CT molecular complexity index is 1690. The number of esters is 1. The number of ketones is 1. The zero-order valence-electron chi connectivity index (χ0n) is 20.8. The molecule has 7 heteroatoms. The average molecular weight is 557 g/mol. The molecule has 1 heterocycles. The summed E-state index contributed by atoms with van der Waals surface area (Å²) >= 11 is 12.1. The van der Waals surface area contributed by atoms with Gasteiger partial charge in [-0.1, -0.05) is 59.6 Å². The number of hydrogen-bond acceptors (Lipinski definition) is 5. The molecule has 0 amide bonds. The smallest absolute Gasteiger partial charge is 0.347 e. The Morgan fingerprint density at radius 2 is 1.62 bits per heavy atom. The van der Waals surface area contributed by atoms with Crippen LogP contribution in [-0.4, -0.2) is 11.8 Å². The molecule has 0 aliphatic heterocycles. The molecule has 39 heavy (non-hydrogen) atoms. The van der Waals surface area contributed by atoms with Gasteiger partial charge in [-0.2, -0.15) is 0 Å². The third-order valence-electron chi connectivity index (χ3n) is 6.01. The van der Waals surface area contributed by atoms with Crippen LogP contribution < -0.4 is 9.47 Å². The van der Waals surface area contributed by atoms with Gasteiger partial charge in [-0.25, -0.2) is 4.79 Å². The van der Waals surface area contributed by atoms with E-state index in [1.165, 1.54) is 6.08 Å². The maximum atomic E-state index is 13.1. The highest BCUT2D eigenvalue weighted by atomic mass is 35.5. The molecule has 0 spiro atoms. The highest BCUT2D eigenvalue weighted by Gasteiger charge is 2.21. The Hall–Kier alpha value is -4.32. The molecule has 0 saturated carbocycles. The molecule has 194 valence electrons. The number of carbonyl (C=O) groups is 2. The molecule has 0 fully saturated rings. The number of aryl methyl sites for hydroxylation is 1. The van der Waals surface area contributed by atoms with Crippen LogP contribution in [-0.2, 0) is 6.61 Å². The normalized spacial score (nSPS) is 11.2. The first kappa shape index (κ1) is 26.3. The monoisotopic (exact) mass is 556 g/mol. The average Bonchev–Trinajstić information content (AvgIpc) is 3.27.